The molecule has 0 atom stereocenters. The molecule has 0 aliphatic carbocycles. The number of aromatic carboxylic acids is 1. The van der Waals surface area contributed by atoms with E-state index in [1.807, 2.05) is 31.2 Å². The predicted octanol–water partition coefficient (Wildman–Crippen LogP) is 5.34. The average molecular weight is 523 g/mol. The number of esters is 1. The van der Waals surface area contributed by atoms with Crippen molar-refractivity contribution in [3.63, 3.8) is 0 Å². The maximum Gasteiger partial charge on any atom is 0.365 e. The number of rotatable bonds is 5. The summed E-state index contributed by atoms with van der Waals surface area (Å²) in [5.41, 5.74) is 5.25. The molecule has 8 nitrogen and oxygen atoms in total. The maximum atomic E-state index is 12.5. The number of aromatic nitrogens is 2. The fourth-order valence-electron chi connectivity index (χ4n) is 4.30. The lowest BCUT2D eigenvalue weighted by Crippen LogP contribution is -2.11. The van der Waals surface area contributed by atoms with Crippen molar-refractivity contribution in [3.8, 4) is 16.9 Å². The standard InChI is InChI=1S/C24H20N2O5S.C4H10O/c1-3-30-18(27)11-15-12(2)10-16-22(32-23(26-16)24(28)29)20(15)14-4-5-17-19-13(7-9-31-17)6-8-25-21(14)19;1-4(2,3)5/h4-6,8,10H,3,7,9,11H2,1-2H3,(H,28,29);5H,1-3H3. The van der Waals surface area contributed by atoms with Crippen LogP contribution in [0.3, 0.4) is 0 Å². The number of carbonyl (C=O) groups excluding carboxylic acids is 1. The normalized spacial score (nSPS) is 12.6. The van der Waals surface area contributed by atoms with E-state index < -0.39 is 11.6 Å². The number of carboxylic acid groups (broad SMARTS) is 1. The predicted molar refractivity (Wildman–Crippen MR) is 144 cm³/mol. The van der Waals surface area contributed by atoms with Crippen LogP contribution in [0.25, 0.3) is 32.2 Å². The largest absolute Gasteiger partial charge is 0.493 e. The van der Waals surface area contributed by atoms with E-state index in [0.717, 1.165) is 62.2 Å². The lowest BCUT2D eigenvalue weighted by molar-refractivity contribution is -0.142. The molecule has 0 spiro atoms. The van der Waals surface area contributed by atoms with Crippen molar-refractivity contribution in [2.24, 2.45) is 0 Å². The van der Waals surface area contributed by atoms with Gasteiger partial charge in [-0.15, -0.1) is 11.3 Å². The summed E-state index contributed by atoms with van der Waals surface area (Å²) >= 11 is 1.11. The summed E-state index contributed by atoms with van der Waals surface area (Å²) in [4.78, 5) is 33.1. The smallest absolute Gasteiger partial charge is 0.365 e. The van der Waals surface area contributed by atoms with Crippen LogP contribution in [0.1, 0.15) is 54.2 Å². The first-order valence-corrected chi connectivity index (χ1v) is 12.9. The van der Waals surface area contributed by atoms with Crippen LogP contribution in [0.4, 0.5) is 0 Å². The summed E-state index contributed by atoms with van der Waals surface area (Å²) in [5.74, 6) is -0.632. The summed E-state index contributed by atoms with van der Waals surface area (Å²) in [6, 6.07) is 7.68. The third-order valence-electron chi connectivity index (χ3n) is 5.66. The molecule has 4 aromatic rings. The van der Waals surface area contributed by atoms with Gasteiger partial charge in [0, 0.05) is 29.1 Å². The van der Waals surface area contributed by atoms with E-state index in [-0.39, 0.29) is 17.4 Å². The molecule has 0 radical (unpaired) electrons. The highest BCUT2D eigenvalue weighted by Gasteiger charge is 2.25. The summed E-state index contributed by atoms with van der Waals surface area (Å²) in [6.07, 6.45) is 2.65. The molecular weight excluding hydrogens is 492 g/mol. The van der Waals surface area contributed by atoms with Crippen LogP contribution in [-0.2, 0) is 22.4 Å². The van der Waals surface area contributed by atoms with Gasteiger partial charge >= 0.3 is 11.9 Å². The van der Waals surface area contributed by atoms with Crippen LogP contribution >= 0.6 is 11.3 Å². The summed E-state index contributed by atoms with van der Waals surface area (Å²) < 4.78 is 11.8. The minimum atomic E-state index is -1.08. The van der Waals surface area contributed by atoms with Gasteiger partial charge < -0.3 is 19.7 Å². The van der Waals surface area contributed by atoms with Gasteiger partial charge in [-0.3, -0.25) is 9.78 Å². The van der Waals surface area contributed by atoms with Gasteiger partial charge in [0.25, 0.3) is 0 Å². The van der Waals surface area contributed by atoms with Crippen LogP contribution < -0.4 is 4.74 Å². The van der Waals surface area contributed by atoms with Crippen molar-refractivity contribution >= 4 is 44.4 Å². The van der Waals surface area contributed by atoms with E-state index in [0.29, 0.717) is 23.4 Å². The number of hydrogen-bond acceptors (Lipinski definition) is 8. The molecular formula is C28H30N2O6S. The Balaban J connectivity index is 0.000000586. The van der Waals surface area contributed by atoms with Gasteiger partial charge in [0.05, 0.1) is 41.0 Å². The minimum Gasteiger partial charge on any atom is -0.493 e. The van der Waals surface area contributed by atoms with Crippen molar-refractivity contribution in [1.29, 1.82) is 0 Å². The number of aliphatic hydroxyl groups is 1. The van der Waals surface area contributed by atoms with E-state index >= 15 is 0 Å². The van der Waals surface area contributed by atoms with Gasteiger partial charge in [-0.25, -0.2) is 9.78 Å². The number of ether oxygens (including phenoxy) is 2. The fourth-order valence-corrected chi connectivity index (χ4v) is 5.27. The van der Waals surface area contributed by atoms with Crippen LogP contribution in [0, 0.1) is 6.92 Å². The quantitative estimate of drug-likeness (QED) is 0.337. The molecule has 9 heteroatoms. The molecule has 0 saturated carbocycles. The number of pyridine rings is 1. The second kappa shape index (κ2) is 10.4. The second-order valence-electron chi connectivity index (χ2n) is 9.78. The summed E-state index contributed by atoms with van der Waals surface area (Å²) in [5, 5.41) is 19.0. The van der Waals surface area contributed by atoms with Crippen LogP contribution in [0.2, 0.25) is 0 Å². The Kier molecular flexibility index (Phi) is 7.47. The zero-order valence-corrected chi connectivity index (χ0v) is 22.4. The van der Waals surface area contributed by atoms with Crippen LogP contribution in [0.5, 0.6) is 5.75 Å². The highest BCUT2D eigenvalue weighted by Crippen LogP contribution is 2.43. The lowest BCUT2D eigenvalue weighted by atomic mass is 9.90. The molecule has 37 heavy (non-hydrogen) atoms. The van der Waals surface area contributed by atoms with E-state index in [9.17, 15) is 14.7 Å². The van der Waals surface area contributed by atoms with Crippen molar-refractivity contribution in [3.05, 3.63) is 52.2 Å². The number of aryl methyl sites for hydroxylation is 1. The van der Waals surface area contributed by atoms with E-state index in [1.165, 1.54) is 0 Å². The molecule has 1 aliphatic rings. The highest BCUT2D eigenvalue weighted by atomic mass is 32.1. The van der Waals surface area contributed by atoms with Crippen LogP contribution in [-0.4, -0.2) is 50.9 Å². The molecule has 2 N–H and O–H groups in total. The molecule has 194 valence electrons. The molecule has 2 aromatic carbocycles. The summed E-state index contributed by atoms with van der Waals surface area (Å²) in [6.45, 7) is 9.81. The Morgan fingerprint density at radius 3 is 2.62 bits per heavy atom. The third-order valence-corrected chi connectivity index (χ3v) is 6.74. The molecule has 0 saturated heterocycles. The summed E-state index contributed by atoms with van der Waals surface area (Å²) in [7, 11) is 0. The molecule has 2 aromatic heterocycles. The molecule has 3 heterocycles. The fraction of sp³-hybridized carbons (Fsp3) is 0.357. The van der Waals surface area contributed by atoms with E-state index in [4.69, 9.17) is 14.6 Å². The van der Waals surface area contributed by atoms with Gasteiger partial charge in [0.2, 0.25) is 5.01 Å². The molecule has 1 aliphatic heterocycles. The first-order chi connectivity index (χ1) is 17.5. The highest BCUT2D eigenvalue weighted by molar-refractivity contribution is 7.20. The van der Waals surface area contributed by atoms with Gasteiger partial charge in [-0.2, -0.15) is 0 Å². The molecule has 0 amide bonds. The van der Waals surface area contributed by atoms with E-state index in [2.05, 4.69) is 9.97 Å². The average Bonchev–Trinajstić information content (AvgIpc) is 3.24. The number of benzene rings is 2. The maximum absolute atomic E-state index is 12.5. The molecule has 5 rings (SSSR count). The monoisotopic (exact) mass is 522 g/mol. The topological polar surface area (TPSA) is 119 Å². The number of carboxylic acids is 1. The Morgan fingerprint density at radius 2 is 1.95 bits per heavy atom. The number of carbonyl (C=O) groups is 2. The number of thiazole rings is 1. The first kappa shape index (κ1) is 26.5. The van der Waals surface area contributed by atoms with Gasteiger partial charge in [0.1, 0.15) is 5.75 Å². The Hall–Kier alpha value is -3.56. The minimum absolute atomic E-state index is 0.00737. The van der Waals surface area contributed by atoms with Gasteiger partial charge in [-0.1, -0.05) is 0 Å². The zero-order valence-electron chi connectivity index (χ0n) is 21.5. The SMILES string of the molecule is CC(C)(C)O.CCOC(=O)Cc1c(C)cc2nc(C(=O)O)sc2c1-c1ccc2c3c(ccnc13)CCO2. The van der Waals surface area contributed by atoms with Gasteiger partial charge in [0.15, 0.2) is 0 Å². The second-order valence-corrected chi connectivity index (χ2v) is 10.8. The van der Waals surface area contributed by atoms with E-state index in [1.54, 1.807) is 33.9 Å². The number of hydrogen-bond donors (Lipinski definition) is 2. The van der Waals surface area contributed by atoms with Crippen LogP contribution in [0.15, 0.2) is 30.5 Å². The Morgan fingerprint density at radius 1 is 1.22 bits per heavy atom. The van der Waals surface area contributed by atoms with Crippen molar-refractivity contribution in [2.75, 3.05) is 13.2 Å². The Labute approximate surface area is 218 Å². The van der Waals surface area contributed by atoms with Gasteiger partial charge in [-0.05, 0) is 75.6 Å². The van der Waals surface area contributed by atoms with Crippen molar-refractivity contribution in [2.45, 2.75) is 53.1 Å². The number of nitrogens with zero attached hydrogens (tertiary/aromatic N) is 2. The third kappa shape index (κ3) is 5.73. The number of fused-ring (bicyclic) bond motifs is 1. The lowest BCUT2D eigenvalue weighted by Gasteiger charge is -2.21. The van der Waals surface area contributed by atoms with Crippen molar-refractivity contribution in [1.82, 2.24) is 9.97 Å². The Bertz CT molecular complexity index is 1490. The zero-order chi connectivity index (χ0) is 26.9. The van der Waals surface area contributed by atoms with Crippen molar-refractivity contribution < 1.29 is 29.3 Å². The molecule has 0 fully saturated rings. The molecule has 0 bridgehead atoms. The molecule has 0 unspecified atom stereocenters. The first-order valence-electron chi connectivity index (χ1n) is 12.1.